The van der Waals surface area contributed by atoms with Crippen LogP contribution in [0.15, 0.2) is 23.1 Å². The number of ketones is 2. The molecule has 0 saturated heterocycles. The van der Waals surface area contributed by atoms with E-state index in [2.05, 4.69) is 37.0 Å². The number of hydrogen-bond acceptors (Lipinski definition) is 3. The summed E-state index contributed by atoms with van der Waals surface area (Å²) in [5.41, 5.74) is 5.11. The maximum atomic E-state index is 12.8. The minimum Gasteiger partial charge on any atom is -0.355 e. The summed E-state index contributed by atoms with van der Waals surface area (Å²) in [5.74, 6) is 0.0214. The minimum atomic E-state index is -0.215. The number of aryl methyl sites for hydroxylation is 3. The summed E-state index contributed by atoms with van der Waals surface area (Å²) < 4.78 is 0. The number of aromatic amines is 1. The zero-order chi connectivity index (χ0) is 17.3. The first-order valence-corrected chi connectivity index (χ1v) is 8.58. The molecule has 1 aromatic carbocycles. The van der Waals surface area contributed by atoms with Gasteiger partial charge < -0.3 is 4.98 Å². The Morgan fingerprint density at radius 3 is 2.30 bits per heavy atom. The molecule has 0 amide bonds. The van der Waals surface area contributed by atoms with Gasteiger partial charge in [0.25, 0.3) is 0 Å². The number of carbonyl (C=O) groups is 2. The standard InChI is InChI=1S/C19H23NO2S/c1-10-7-8-16(11(2)9-10)23-15(6)19(22)18-12(3)17(14(5)21)13(4)20-18/h7-9,15,20H,1-6H3. The molecule has 1 N–H and O–H groups in total. The van der Waals surface area contributed by atoms with Crippen LogP contribution in [0.2, 0.25) is 0 Å². The molecule has 2 aromatic rings. The van der Waals surface area contributed by atoms with Crippen molar-refractivity contribution in [2.75, 3.05) is 0 Å². The molecule has 0 saturated carbocycles. The molecule has 0 aliphatic heterocycles. The molecule has 1 unspecified atom stereocenters. The van der Waals surface area contributed by atoms with Gasteiger partial charge in [-0.15, -0.1) is 11.8 Å². The molecule has 0 aliphatic rings. The fourth-order valence-electron chi connectivity index (χ4n) is 2.90. The van der Waals surface area contributed by atoms with Gasteiger partial charge in [-0.05, 0) is 58.7 Å². The average Bonchev–Trinajstić information content (AvgIpc) is 2.76. The van der Waals surface area contributed by atoms with Crippen molar-refractivity contribution >= 4 is 23.3 Å². The highest BCUT2D eigenvalue weighted by Crippen LogP contribution is 2.30. The maximum Gasteiger partial charge on any atom is 0.192 e. The van der Waals surface area contributed by atoms with E-state index >= 15 is 0 Å². The Morgan fingerprint density at radius 2 is 1.78 bits per heavy atom. The highest BCUT2D eigenvalue weighted by Gasteiger charge is 2.24. The normalized spacial score (nSPS) is 12.3. The lowest BCUT2D eigenvalue weighted by molar-refractivity contribution is 0.0988. The Labute approximate surface area is 141 Å². The number of hydrogen-bond donors (Lipinski definition) is 1. The first-order valence-electron chi connectivity index (χ1n) is 7.70. The SMILES string of the molecule is CC(=O)c1c(C)[nH]c(C(=O)C(C)Sc2ccc(C)cc2C)c1C. The summed E-state index contributed by atoms with van der Waals surface area (Å²) in [6.07, 6.45) is 0. The maximum absolute atomic E-state index is 12.8. The molecule has 1 heterocycles. The molecule has 1 atom stereocenters. The predicted molar refractivity (Wildman–Crippen MR) is 95.8 cm³/mol. The van der Waals surface area contributed by atoms with E-state index in [4.69, 9.17) is 0 Å². The van der Waals surface area contributed by atoms with Crippen LogP contribution in [0.5, 0.6) is 0 Å². The van der Waals surface area contributed by atoms with Crippen LogP contribution in [0, 0.1) is 27.7 Å². The molecule has 0 fully saturated rings. The van der Waals surface area contributed by atoms with Crippen LogP contribution in [0.4, 0.5) is 0 Å². The lowest BCUT2D eigenvalue weighted by Crippen LogP contribution is -2.15. The molecule has 122 valence electrons. The van der Waals surface area contributed by atoms with Crippen molar-refractivity contribution in [2.45, 2.75) is 51.7 Å². The Bertz CT molecular complexity index is 774. The van der Waals surface area contributed by atoms with E-state index < -0.39 is 0 Å². The second-order valence-electron chi connectivity index (χ2n) is 6.07. The third kappa shape index (κ3) is 3.58. The van der Waals surface area contributed by atoms with E-state index in [-0.39, 0.29) is 16.8 Å². The highest BCUT2D eigenvalue weighted by atomic mass is 32.2. The van der Waals surface area contributed by atoms with E-state index in [0.29, 0.717) is 11.3 Å². The van der Waals surface area contributed by atoms with Gasteiger partial charge in [0.15, 0.2) is 11.6 Å². The van der Waals surface area contributed by atoms with Crippen molar-refractivity contribution in [3.8, 4) is 0 Å². The zero-order valence-corrected chi connectivity index (χ0v) is 15.4. The summed E-state index contributed by atoms with van der Waals surface area (Å²) in [6, 6.07) is 6.24. The van der Waals surface area contributed by atoms with Crippen molar-refractivity contribution in [3.05, 3.63) is 51.8 Å². The van der Waals surface area contributed by atoms with Gasteiger partial charge in [-0.2, -0.15) is 0 Å². The summed E-state index contributed by atoms with van der Waals surface area (Å²) in [7, 11) is 0. The van der Waals surface area contributed by atoms with Gasteiger partial charge >= 0.3 is 0 Å². The van der Waals surface area contributed by atoms with E-state index in [1.54, 1.807) is 11.8 Å². The quantitative estimate of drug-likeness (QED) is 0.632. The minimum absolute atomic E-state index is 0.00927. The third-order valence-electron chi connectivity index (χ3n) is 4.04. The molecule has 0 spiro atoms. The molecule has 0 aliphatic carbocycles. The van der Waals surface area contributed by atoms with Crippen LogP contribution in [0.25, 0.3) is 0 Å². The van der Waals surface area contributed by atoms with E-state index in [1.165, 1.54) is 18.1 Å². The van der Waals surface area contributed by atoms with Gasteiger partial charge in [-0.3, -0.25) is 9.59 Å². The monoisotopic (exact) mass is 329 g/mol. The van der Waals surface area contributed by atoms with Gasteiger partial charge in [0, 0.05) is 16.2 Å². The van der Waals surface area contributed by atoms with Gasteiger partial charge in [0.1, 0.15) is 0 Å². The van der Waals surface area contributed by atoms with Crippen LogP contribution in [0.1, 0.15) is 57.1 Å². The lowest BCUT2D eigenvalue weighted by Gasteiger charge is -2.12. The fraction of sp³-hybridized carbons (Fsp3) is 0.368. The summed E-state index contributed by atoms with van der Waals surface area (Å²) in [5, 5.41) is -0.215. The number of nitrogens with one attached hydrogen (secondary N) is 1. The van der Waals surface area contributed by atoms with Crippen LogP contribution >= 0.6 is 11.8 Å². The lowest BCUT2D eigenvalue weighted by atomic mass is 10.0. The van der Waals surface area contributed by atoms with Crippen LogP contribution < -0.4 is 0 Å². The number of carbonyl (C=O) groups excluding carboxylic acids is 2. The third-order valence-corrected chi connectivity index (χ3v) is 5.32. The van der Waals surface area contributed by atoms with Crippen molar-refractivity contribution in [3.63, 3.8) is 0 Å². The summed E-state index contributed by atoms with van der Waals surface area (Å²) in [4.78, 5) is 28.7. The molecule has 0 bridgehead atoms. The number of Topliss-reactive ketones (excluding diaryl/α,β-unsaturated/α-hetero) is 2. The van der Waals surface area contributed by atoms with Gasteiger partial charge in [0.05, 0.1) is 10.9 Å². The first kappa shape index (κ1) is 17.5. The van der Waals surface area contributed by atoms with Gasteiger partial charge in [-0.25, -0.2) is 0 Å². The van der Waals surface area contributed by atoms with E-state index in [0.717, 1.165) is 16.2 Å². The number of thioether (sulfide) groups is 1. The Kier molecular flexibility index (Phi) is 5.15. The van der Waals surface area contributed by atoms with Crippen molar-refractivity contribution in [1.29, 1.82) is 0 Å². The van der Waals surface area contributed by atoms with Crippen molar-refractivity contribution < 1.29 is 9.59 Å². The number of H-pyrrole nitrogens is 1. The zero-order valence-electron chi connectivity index (χ0n) is 14.5. The largest absolute Gasteiger partial charge is 0.355 e. The van der Waals surface area contributed by atoms with Crippen LogP contribution in [0.3, 0.4) is 0 Å². The Hall–Kier alpha value is -1.81. The molecular weight excluding hydrogens is 306 g/mol. The molecular formula is C19H23NO2S. The summed E-state index contributed by atoms with van der Waals surface area (Å²) in [6.45, 7) is 11.2. The first-order chi connectivity index (χ1) is 10.7. The van der Waals surface area contributed by atoms with Crippen molar-refractivity contribution in [1.82, 2.24) is 4.98 Å². The second-order valence-corrected chi connectivity index (χ2v) is 7.46. The molecule has 0 radical (unpaired) electrons. The average molecular weight is 329 g/mol. The molecule has 1 aromatic heterocycles. The Morgan fingerprint density at radius 1 is 1.13 bits per heavy atom. The molecule has 3 nitrogen and oxygen atoms in total. The molecule has 23 heavy (non-hydrogen) atoms. The van der Waals surface area contributed by atoms with Crippen LogP contribution in [-0.4, -0.2) is 21.8 Å². The smallest absolute Gasteiger partial charge is 0.192 e. The predicted octanol–water partition coefficient (Wildman–Crippen LogP) is 4.81. The van der Waals surface area contributed by atoms with Crippen LogP contribution in [-0.2, 0) is 0 Å². The number of rotatable bonds is 5. The Balaban J connectivity index is 2.27. The van der Waals surface area contributed by atoms with Crippen molar-refractivity contribution in [2.24, 2.45) is 0 Å². The molecule has 4 heteroatoms. The van der Waals surface area contributed by atoms with Gasteiger partial charge in [0.2, 0.25) is 0 Å². The number of benzene rings is 1. The van der Waals surface area contributed by atoms with E-state index in [1.807, 2.05) is 20.8 Å². The molecule has 2 rings (SSSR count). The fourth-order valence-corrected chi connectivity index (χ4v) is 3.90. The number of aromatic nitrogens is 1. The van der Waals surface area contributed by atoms with Gasteiger partial charge in [-0.1, -0.05) is 17.7 Å². The summed E-state index contributed by atoms with van der Waals surface area (Å²) >= 11 is 1.56. The second kappa shape index (κ2) is 6.75. The van der Waals surface area contributed by atoms with E-state index in [9.17, 15) is 9.59 Å². The highest BCUT2D eigenvalue weighted by molar-refractivity contribution is 8.00. The topological polar surface area (TPSA) is 49.9 Å².